The molecule has 11 nitrogen and oxygen atoms in total. The maximum Gasteiger partial charge on any atom is 0.337 e. The molecule has 0 aromatic heterocycles. The van der Waals surface area contributed by atoms with E-state index in [-0.39, 0.29) is 12.2 Å². The average molecular weight is 861 g/mol. The molecule has 0 radical (unpaired) electrons. The van der Waals surface area contributed by atoms with E-state index in [1.165, 1.54) is 7.11 Å². The number of hydrogen-bond donors (Lipinski definition) is 4. The monoisotopic (exact) mass is 860 g/mol. The van der Waals surface area contributed by atoms with Crippen LogP contribution in [0.15, 0.2) is 71.0 Å². The first-order valence-electron chi connectivity index (χ1n) is 13.7. The van der Waals surface area contributed by atoms with Gasteiger partial charge >= 0.3 is 12.0 Å². The minimum absolute atomic E-state index is 0.156. The standard InChI is InChI=1S/C31H31ClI2N4O7/c1-4-43-25-12-19(28-27(30(40)42-3)17(2)36-31(41)37-28)7-10-24(25)44-16-26(39)38-35-14-20-11-22(33)13-23(34)29(20)45-15-18-5-8-21(32)9-6-18/h5-14,26,28,38-39H,4,15-16H2,1-3H3,(H2,36,37,41)/b35-14+/t26-,28-/m1/s1. The van der Waals surface area contributed by atoms with Crippen molar-refractivity contribution in [1.82, 2.24) is 16.1 Å². The number of carbonyl (C=O) groups excluding carboxylic acids is 2. The number of nitrogens with zero attached hydrogens (tertiary/aromatic N) is 1. The number of hydrogen-bond acceptors (Lipinski definition) is 9. The highest BCUT2D eigenvalue weighted by molar-refractivity contribution is 14.1. The molecule has 14 heteroatoms. The van der Waals surface area contributed by atoms with Gasteiger partial charge in [0.2, 0.25) is 0 Å². The molecular formula is C31H31ClI2N4O7. The highest BCUT2D eigenvalue weighted by Crippen LogP contribution is 2.35. The summed E-state index contributed by atoms with van der Waals surface area (Å²) in [4.78, 5) is 24.6. The topological polar surface area (TPSA) is 140 Å². The van der Waals surface area contributed by atoms with Crippen LogP contribution in [-0.2, 0) is 16.1 Å². The predicted molar refractivity (Wildman–Crippen MR) is 187 cm³/mol. The van der Waals surface area contributed by atoms with Crippen LogP contribution in [0.4, 0.5) is 4.79 Å². The number of nitrogens with one attached hydrogen (secondary N) is 3. The number of amides is 2. The van der Waals surface area contributed by atoms with Crippen molar-refractivity contribution in [1.29, 1.82) is 0 Å². The van der Waals surface area contributed by atoms with Gasteiger partial charge in [0.05, 0.1) is 35.1 Å². The van der Waals surface area contributed by atoms with Crippen LogP contribution in [0, 0.1) is 7.14 Å². The molecule has 3 aromatic carbocycles. The highest BCUT2D eigenvalue weighted by Gasteiger charge is 2.32. The van der Waals surface area contributed by atoms with E-state index in [4.69, 9.17) is 30.5 Å². The van der Waals surface area contributed by atoms with E-state index in [0.29, 0.717) is 46.7 Å². The molecule has 2 amide bonds. The highest BCUT2D eigenvalue weighted by atomic mass is 127. The molecule has 0 aliphatic carbocycles. The van der Waals surface area contributed by atoms with Crippen molar-refractivity contribution >= 4 is 75.0 Å². The van der Waals surface area contributed by atoms with E-state index >= 15 is 0 Å². The zero-order chi connectivity index (χ0) is 32.5. The number of allylic oxidation sites excluding steroid dienone is 1. The normalized spacial score (nSPS) is 15.3. The van der Waals surface area contributed by atoms with Gasteiger partial charge in [0, 0.05) is 19.9 Å². The van der Waals surface area contributed by atoms with Gasteiger partial charge in [-0.05, 0) is 107 Å². The van der Waals surface area contributed by atoms with Gasteiger partial charge in [-0.3, -0.25) is 5.43 Å². The summed E-state index contributed by atoms with van der Waals surface area (Å²) in [7, 11) is 1.28. The molecule has 1 heterocycles. The lowest BCUT2D eigenvalue weighted by Crippen LogP contribution is -2.45. The molecule has 1 aliphatic heterocycles. The first-order valence-corrected chi connectivity index (χ1v) is 16.2. The number of halogens is 3. The Kier molecular flexibility index (Phi) is 12.6. The zero-order valence-corrected chi connectivity index (χ0v) is 29.6. The minimum Gasteiger partial charge on any atom is -0.490 e. The SMILES string of the molecule is CCOc1cc([C@H]2NC(=O)NC(C)=C2C(=O)OC)ccc1OC[C@@H](O)N/N=C/c1cc(I)cc(I)c1OCc1ccc(Cl)cc1. The third kappa shape index (κ3) is 9.37. The minimum atomic E-state index is -1.16. The van der Waals surface area contributed by atoms with Crippen molar-refractivity contribution in [2.24, 2.45) is 5.10 Å². The molecule has 0 spiro atoms. The molecule has 0 bridgehead atoms. The number of urea groups is 1. The van der Waals surface area contributed by atoms with Crippen LogP contribution < -0.4 is 30.3 Å². The Hall–Kier alpha value is -3.28. The van der Waals surface area contributed by atoms with Crippen molar-refractivity contribution in [3.63, 3.8) is 0 Å². The molecule has 238 valence electrons. The fourth-order valence-corrected chi connectivity index (χ4v) is 6.55. The molecule has 3 aromatic rings. The summed E-state index contributed by atoms with van der Waals surface area (Å²) in [5.74, 6) is 0.819. The second-order valence-corrected chi connectivity index (χ2v) is 12.5. The van der Waals surface area contributed by atoms with Crippen LogP contribution in [0.1, 0.15) is 36.6 Å². The zero-order valence-electron chi connectivity index (χ0n) is 24.5. The van der Waals surface area contributed by atoms with Crippen LogP contribution in [0.3, 0.4) is 0 Å². The summed E-state index contributed by atoms with van der Waals surface area (Å²) in [6.45, 7) is 3.97. The largest absolute Gasteiger partial charge is 0.490 e. The maximum atomic E-state index is 12.5. The van der Waals surface area contributed by atoms with Crippen molar-refractivity contribution in [3.05, 3.63) is 94.7 Å². The van der Waals surface area contributed by atoms with Crippen molar-refractivity contribution in [2.75, 3.05) is 20.3 Å². The molecule has 2 atom stereocenters. The fourth-order valence-electron chi connectivity index (χ4n) is 4.38. The van der Waals surface area contributed by atoms with E-state index in [0.717, 1.165) is 18.3 Å². The van der Waals surface area contributed by atoms with Gasteiger partial charge in [-0.15, -0.1) is 0 Å². The van der Waals surface area contributed by atoms with Gasteiger partial charge < -0.3 is 34.7 Å². The van der Waals surface area contributed by atoms with Crippen LogP contribution in [0.2, 0.25) is 5.02 Å². The van der Waals surface area contributed by atoms with E-state index in [2.05, 4.69) is 66.3 Å². The Bertz CT molecular complexity index is 1600. The summed E-state index contributed by atoms with van der Waals surface area (Å²) in [5, 5.41) is 20.8. The summed E-state index contributed by atoms with van der Waals surface area (Å²) < 4.78 is 24.6. The van der Waals surface area contributed by atoms with Crippen LogP contribution in [0.25, 0.3) is 0 Å². The first-order chi connectivity index (χ1) is 21.6. The summed E-state index contributed by atoms with van der Waals surface area (Å²) in [5.41, 5.74) is 5.62. The fraction of sp³-hybridized carbons (Fsp3) is 0.258. The smallest absolute Gasteiger partial charge is 0.337 e. The Morgan fingerprint density at radius 1 is 1.11 bits per heavy atom. The number of aliphatic hydroxyl groups is 1. The molecule has 0 unspecified atom stereocenters. The number of aliphatic hydroxyl groups excluding tert-OH is 1. The number of ether oxygens (including phenoxy) is 4. The number of methoxy groups -OCH3 is 1. The second kappa shape index (κ2) is 16.3. The van der Waals surface area contributed by atoms with Crippen LogP contribution in [0.5, 0.6) is 17.2 Å². The molecule has 45 heavy (non-hydrogen) atoms. The number of esters is 1. The lowest BCUT2D eigenvalue weighted by atomic mass is 9.95. The Morgan fingerprint density at radius 3 is 2.58 bits per heavy atom. The van der Waals surface area contributed by atoms with E-state index in [9.17, 15) is 14.7 Å². The van der Waals surface area contributed by atoms with Gasteiger partial charge in [-0.2, -0.15) is 5.10 Å². The van der Waals surface area contributed by atoms with E-state index in [1.807, 2.05) is 43.3 Å². The van der Waals surface area contributed by atoms with Gasteiger partial charge in [-0.25, -0.2) is 9.59 Å². The molecule has 0 fully saturated rings. The van der Waals surface area contributed by atoms with Gasteiger partial charge in [0.25, 0.3) is 0 Å². The molecule has 4 rings (SSSR count). The number of carbonyl (C=O) groups is 2. The first kappa shape index (κ1) is 34.6. The van der Waals surface area contributed by atoms with Crippen molar-refractivity contribution in [2.45, 2.75) is 32.7 Å². The Balaban J connectivity index is 1.42. The lowest BCUT2D eigenvalue weighted by Gasteiger charge is -2.28. The van der Waals surface area contributed by atoms with Crippen molar-refractivity contribution in [3.8, 4) is 17.2 Å². The second-order valence-electron chi connectivity index (χ2n) is 9.64. The third-order valence-electron chi connectivity index (χ3n) is 6.43. The summed E-state index contributed by atoms with van der Waals surface area (Å²) in [6.07, 6.45) is 0.420. The Labute approximate surface area is 293 Å². The lowest BCUT2D eigenvalue weighted by molar-refractivity contribution is -0.136. The maximum absolute atomic E-state index is 12.5. The molecule has 1 aliphatic rings. The summed E-state index contributed by atoms with van der Waals surface area (Å²) >= 11 is 10.4. The molecule has 4 N–H and O–H groups in total. The van der Waals surface area contributed by atoms with Crippen LogP contribution in [-0.4, -0.2) is 49.9 Å². The number of rotatable bonds is 13. The number of benzene rings is 3. The van der Waals surface area contributed by atoms with Crippen molar-refractivity contribution < 1.29 is 33.6 Å². The molecule has 0 saturated carbocycles. The quantitative estimate of drug-likeness (QED) is 0.0570. The van der Waals surface area contributed by atoms with Gasteiger partial charge in [0.1, 0.15) is 19.0 Å². The van der Waals surface area contributed by atoms with Gasteiger partial charge in [-0.1, -0.05) is 29.8 Å². The Morgan fingerprint density at radius 2 is 1.87 bits per heavy atom. The average Bonchev–Trinajstić information content (AvgIpc) is 3.00. The van der Waals surface area contributed by atoms with Gasteiger partial charge in [0.15, 0.2) is 17.7 Å². The summed E-state index contributed by atoms with van der Waals surface area (Å²) in [6, 6.07) is 15.2. The van der Waals surface area contributed by atoms with E-state index < -0.39 is 24.3 Å². The molecule has 0 saturated heterocycles. The third-order valence-corrected chi connectivity index (χ3v) is 8.11. The van der Waals surface area contributed by atoms with Crippen LogP contribution >= 0.6 is 56.8 Å². The molecular weight excluding hydrogens is 830 g/mol. The van der Waals surface area contributed by atoms with E-state index in [1.54, 1.807) is 31.3 Å². The number of hydrazone groups is 1. The predicted octanol–water partition coefficient (Wildman–Crippen LogP) is 5.65.